The molecular weight excluding hydrogens is 200 g/mol. The lowest BCUT2D eigenvalue weighted by Gasteiger charge is -2.24. The summed E-state index contributed by atoms with van der Waals surface area (Å²) >= 11 is 0. The van der Waals surface area contributed by atoms with Gasteiger partial charge >= 0.3 is 0 Å². The number of hydrogen-bond donors (Lipinski definition) is 0. The van der Waals surface area contributed by atoms with Gasteiger partial charge in [-0.2, -0.15) is 0 Å². The van der Waals surface area contributed by atoms with E-state index in [1.165, 1.54) is 6.08 Å². The number of carbonyl (C=O) groups is 2. The maximum atomic E-state index is 11.9. The topological polar surface area (TPSA) is 34.1 Å². The highest BCUT2D eigenvalue weighted by atomic mass is 16.1. The van der Waals surface area contributed by atoms with Crippen LogP contribution in [-0.2, 0) is 9.59 Å². The van der Waals surface area contributed by atoms with E-state index in [1.807, 2.05) is 24.3 Å². The molecule has 0 bridgehead atoms. The first-order valence-corrected chi connectivity index (χ1v) is 5.34. The van der Waals surface area contributed by atoms with Crippen molar-refractivity contribution in [3.05, 3.63) is 58.7 Å². The number of carbonyl (C=O) groups excluding carboxylic acids is 2. The van der Waals surface area contributed by atoms with E-state index >= 15 is 0 Å². The lowest BCUT2D eigenvalue weighted by atomic mass is 9.78. The molecule has 0 saturated heterocycles. The molecule has 2 heteroatoms. The Morgan fingerprint density at radius 2 is 1.88 bits per heavy atom. The second kappa shape index (κ2) is 3.27. The average Bonchev–Trinajstić information content (AvgIpc) is 2.29. The maximum Gasteiger partial charge on any atom is 0.190 e. The van der Waals surface area contributed by atoms with Crippen LogP contribution in [-0.4, -0.2) is 11.6 Å². The van der Waals surface area contributed by atoms with Crippen molar-refractivity contribution in [3.8, 4) is 0 Å². The zero-order valence-corrected chi connectivity index (χ0v) is 8.69. The number of hydrogen-bond acceptors (Lipinski definition) is 2. The number of allylic oxidation sites excluding steroid dienone is 10. The molecule has 0 radical (unpaired) electrons. The van der Waals surface area contributed by atoms with E-state index in [0.717, 1.165) is 23.1 Å². The second-order valence-electron chi connectivity index (χ2n) is 4.07. The van der Waals surface area contributed by atoms with Crippen molar-refractivity contribution in [1.29, 1.82) is 0 Å². The van der Waals surface area contributed by atoms with Gasteiger partial charge in [-0.3, -0.25) is 9.59 Å². The summed E-state index contributed by atoms with van der Waals surface area (Å²) in [5.74, 6) is -0.288. The van der Waals surface area contributed by atoms with Gasteiger partial charge in [-0.15, -0.1) is 0 Å². The minimum atomic E-state index is -0.156. The van der Waals surface area contributed by atoms with Crippen LogP contribution in [0.2, 0.25) is 0 Å². The normalized spacial score (nSPS) is 22.8. The Hall–Kier alpha value is -1.96. The molecule has 0 saturated carbocycles. The molecule has 78 valence electrons. The van der Waals surface area contributed by atoms with Crippen LogP contribution >= 0.6 is 0 Å². The van der Waals surface area contributed by atoms with Crippen LogP contribution in [0.5, 0.6) is 0 Å². The Bertz CT molecular complexity index is 551. The Morgan fingerprint density at radius 1 is 1.00 bits per heavy atom. The van der Waals surface area contributed by atoms with E-state index in [2.05, 4.69) is 0 Å². The first-order valence-electron chi connectivity index (χ1n) is 5.34. The monoisotopic (exact) mass is 210 g/mol. The summed E-state index contributed by atoms with van der Waals surface area (Å²) < 4.78 is 0. The number of fused-ring (bicyclic) bond motifs is 2. The van der Waals surface area contributed by atoms with Gasteiger partial charge in [-0.05, 0) is 41.7 Å². The van der Waals surface area contributed by atoms with Gasteiger partial charge in [0.1, 0.15) is 0 Å². The van der Waals surface area contributed by atoms with Crippen LogP contribution in [0.4, 0.5) is 0 Å². The van der Waals surface area contributed by atoms with Gasteiger partial charge in [0.25, 0.3) is 0 Å². The third kappa shape index (κ3) is 1.20. The molecule has 0 fully saturated rings. The van der Waals surface area contributed by atoms with Crippen molar-refractivity contribution >= 4 is 11.6 Å². The summed E-state index contributed by atoms with van der Waals surface area (Å²) in [5.41, 5.74) is 3.37. The van der Waals surface area contributed by atoms with Crippen LogP contribution in [0, 0.1) is 0 Å². The maximum absolute atomic E-state index is 11.9. The standard InChI is InChI=1S/C14H10O2/c15-12-7-3-6-11-10-5-2-1-4-9(10)8-13(16)14(11)12/h1-3,5,7-8H,4,6H2. The third-order valence-corrected chi connectivity index (χ3v) is 3.10. The lowest BCUT2D eigenvalue weighted by molar-refractivity contribution is -0.117. The smallest absolute Gasteiger partial charge is 0.190 e. The zero-order valence-electron chi connectivity index (χ0n) is 8.69. The fourth-order valence-electron chi connectivity index (χ4n) is 2.37. The van der Waals surface area contributed by atoms with Crippen molar-refractivity contribution < 1.29 is 9.59 Å². The first kappa shape index (κ1) is 9.28. The van der Waals surface area contributed by atoms with Crippen LogP contribution in [0.1, 0.15) is 12.8 Å². The molecule has 0 aromatic heterocycles. The molecule has 0 aromatic rings. The Labute approximate surface area is 93.3 Å². The Balaban J connectivity index is 2.20. The summed E-state index contributed by atoms with van der Waals surface area (Å²) in [6, 6.07) is 0. The highest BCUT2D eigenvalue weighted by molar-refractivity contribution is 6.30. The number of rotatable bonds is 0. The molecule has 0 aromatic carbocycles. The summed E-state index contributed by atoms with van der Waals surface area (Å²) in [4.78, 5) is 23.5. The van der Waals surface area contributed by atoms with Crippen LogP contribution in [0.15, 0.2) is 58.7 Å². The van der Waals surface area contributed by atoms with Crippen molar-refractivity contribution in [2.45, 2.75) is 12.8 Å². The minimum absolute atomic E-state index is 0.133. The van der Waals surface area contributed by atoms with Gasteiger partial charge in [-0.25, -0.2) is 0 Å². The van der Waals surface area contributed by atoms with E-state index in [0.29, 0.717) is 12.0 Å². The van der Waals surface area contributed by atoms with Gasteiger partial charge < -0.3 is 0 Å². The lowest BCUT2D eigenvalue weighted by Crippen LogP contribution is -2.21. The van der Waals surface area contributed by atoms with Gasteiger partial charge in [-0.1, -0.05) is 24.3 Å². The number of ketones is 2. The van der Waals surface area contributed by atoms with E-state index in [4.69, 9.17) is 0 Å². The van der Waals surface area contributed by atoms with Gasteiger partial charge in [0.2, 0.25) is 0 Å². The summed E-state index contributed by atoms with van der Waals surface area (Å²) in [6.45, 7) is 0. The quantitative estimate of drug-likeness (QED) is 0.574. The average molecular weight is 210 g/mol. The summed E-state index contributed by atoms with van der Waals surface area (Å²) in [5, 5.41) is 0. The largest absolute Gasteiger partial charge is 0.289 e. The molecule has 3 rings (SSSR count). The van der Waals surface area contributed by atoms with Crippen molar-refractivity contribution in [1.82, 2.24) is 0 Å². The van der Waals surface area contributed by atoms with Crippen molar-refractivity contribution in [2.75, 3.05) is 0 Å². The Kier molecular flexibility index (Phi) is 1.90. The highest BCUT2D eigenvalue weighted by Crippen LogP contribution is 2.36. The third-order valence-electron chi connectivity index (χ3n) is 3.10. The molecule has 0 N–H and O–H groups in total. The molecule has 0 heterocycles. The predicted molar refractivity (Wildman–Crippen MR) is 60.7 cm³/mol. The molecular formula is C14H10O2. The molecule has 0 amide bonds. The summed E-state index contributed by atoms with van der Waals surface area (Å²) in [6.07, 6.45) is 12.4. The molecule has 0 unspecified atom stereocenters. The van der Waals surface area contributed by atoms with E-state index < -0.39 is 0 Å². The Morgan fingerprint density at radius 3 is 2.75 bits per heavy atom. The summed E-state index contributed by atoms with van der Waals surface area (Å²) in [7, 11) is 0. The fraction of sp³-hybridized carbons (Fsp3) is 0.143. The second-order valence-corrected chi connectivity index (χ2v) is 4.07. The van der Waals surface area contributed by atoms with Gasteiger partial charge in [0.15, 0.2) is 11.6 Å². The van der Waals surface area contributed by atoms with Crippen molar-refractivity contribution in [2.24, 2.45) is 0 Å². The van der Waals surface area contributed by atoms with Gasteiger partial charge in [0, 0.05) is 0 Å². The zero-order chi connectivity index (χ0) is 11.1. The minimum Gasteiger partial charge on any atom is -0.289 e. The van der Waals surface area contributed by atoms with Crippen LogP contribution < -0.4 is 0 Å². The fourth-order valence-corrected chi connectivity index (χ4v) is 2.37. The molecule has 2 nitrogen and oxygen atoms in total. The molecule has 0 spiro atoms. The van der Waals surface area contributed by atoms with Crippen LogP contribution in [0.3, 0.4) is 0 Å². The predicted octanol–water partition coefficient (Wildman–Crippen LogP) is 2.21. The highest BCUT2D eigenvalue weighted by Gasteiger charge is 2.29. The molecule has 16 heavy (non-hydrogen) atoms. The first-order chi connectivity index (χ1) is 7.77. The van der Waals surface area contributed by atoms with Gasteiger partial charge in [0.05, 0.1) is 5.57 Å². The van der Waals surface area contributed by atoms with Crippen molar-refractivity contribution in [3.63, 3.8) is 0 Å². The molecule has 0 atom stereocenters. The molecule has 0 aliphatic heterocycles. The van der Waals surface area contributed by atoms with Crippen LogP contribution in [0.25, 0.3) is 0 Å². The van der Waals surface area contributed by atoms with E-state index in [9.17, 15) is 9.59 Å². The van der Waals surface area contributed by atoms with E-state index in [1.54, 1.807) is 6.08 Å². The SMILES string of the molecule is O=C1C=CCC2=C1C(=O)C=C1CC=CC=C12. The molecule has 3 aliphatic carbocycles. The molecule has 3 aliphatic rings. The van der Waals surface area contributed by atoms with E-state index in [-0.39, 0.29) is 11.6 Å².